The average molecular weight is 266 g/mol. The summed E-state index contributed by atoms with van der Waals surface area (Å²) in [5.74, 6) is -1.00. The van der Waals surface area contributed by atoms with Crippen LogP contribution in [0.2, 0.25) is 0 Å². The summed E-state index contributed by atoms with van der Waals surface area (Å²) in [5, 5.41) is 0. The Morgan fingerprint density at radius 2 is 1.84 bits per heavy atom. The summed E-state index contributed by atoms with van der Waals surface area (Å²) in [4.78, 5) is 35.7. The van der Waals surface area contributed by atoms with Crippen LogP contribution < -0.4 is 0 Å². The van der Waals surface area contributed by atoms with Crippen LogP contribution in [-0.4, -0.2) is 30.9 Å². The second-order valence-corrected chi connectivity index (χ2v) is 4.99. The minimum Gasteiger partial charge on any atom is -0.465 e. The topological polar surface area (TPSA) is 69.7 Å². The molecule has 2 rings (SSSR count). The first-order chi connectivity index (χ1) is 9.03. The number of rotatable bonds is 4. The van der Waals surface area contributed by atoms with Crippen LogP contribution in [0.15, 0.2) is 11.6 Å². The van der Waals surface area contributed by atoms with Crippen molar-refractivity contribution in [3.8, 4) is 0 Å². The van der Waals surface area contributed by atoms with Crippen molar-refractivity contribution in [2.45, 2.75) is 33.1 Å². The van der Waals surface area contributed by atoms with Gasteiger partial charge < -0.3 is 9.47 Å². The number of allylic oxidation sites excluding steroid dienone is 2. The molecule has 0 spiro atoms. The fraction of sp³-hybridized carbons (Fsp3) is 0.643. The zero-order chi connectivity index (χ0) is 14.0. The van der Waals surface area contributed by atoms with Crippen molar-refractivity contribution in [3.63, 3.8) is 0 Å². The highest BCUT2D eigenvalue weighted by molar-refractivity contribution is 6.03. The highest BCUT2D eigenvalue weighted by atomic mass is 16.6. The number of carbonyl (C=O) groups is 3. The number of carbonyl (C=O) groups excluding carboxylic acids is 3. The Balaban J connectivity index is 2.27. The zero-order valence-corrected chi connectivity index (χ0v) is 11.2. The maximum absolute atomic E-state index is 12.2. The molecule has 0 aromatic heterocycles. The molecule has 0 saturated heterocycles. The molecule has 104 valence electrons. The fourth-order valence-corrected chi connectivity index (χ4v) is 2.93. The molecule has 5 heteroatoms. The third-order valence-corrected chi connectivity index (χ3v) is 3.75. The smallest absolute Gasteiger partial charge is 0.323 e. The monoisotopic (exact) mass is 266 g/mol. The molecule has 0 bridgehead atoms. The summed E-state index contributed by atoms with van der Waals surface area (Å²) >= 11 is 0. The SMILES string of the molecule is CCOC(=O)C1(C(=O)OCC)CC2=CC(=O)CC2C1. The van der Waals surface area contributed by atoms with Gasteiger partial charge in [0.1, 0.15) is 0 Å². The van der Waals surface area contributed by atoms with Gasteiger partial charge in [-0.15, -0.1) is 0 Å². The van der Waals surface area contributed by atoms with Crippen molar-refractivity contribution in [2.24, 2.45) is 11.3 Å². The summed E-state index contributed by atoms with van der Waals surface area (Å²) in [6.07, 6.45) is 2.52. The molecule has 0 radical (unpaired) electrons. The maximum atomic E-state index is 12.2. The molecular weight excluding hydrogens is 248 g/mol. The van der Waals surface area contributed by atoms with Gasteiger partial charge in [0.25, 0.3) is 0 Å². The van der Waals surface area contributed by atoms with E-state index in [2.05, 4.69) is 0 Å². The second kappa shape index (κ2) is 5.15. The standard InChI is InChI=1S/C14H18O5/c1-3-18-12(16)14(13(17)19-4-2)7-9-5-11(15)6-10(9)8-14/h5,10H,3-4,6-8H2,1-2H3. The number of ketones is 1. The van der Waals surface area contributed by atoms with Gasteiger partial charge in [-0.25, -0.2) is 0 Å². The van der Waals surface area contributed by atoms with Crippen LogP contribution in [0.1, 0.15) is 33.1 Å². The molecule has 0 heterocycles. The molecule has 2 aliphatic rings. The van der Waals surface area contributed by atoms with E-state index < -0.39 is 17.4 Å². The number of hydrogen-bond acceptors (Lipinski definition) is 5. The lowest BCUT2D eigenvalue weighted by atomic mass is 9.84. The Morgan fingerprint density at radius 1 is 1.26 bits per heavy atom. The quantitative estimate of drug-likeness (QED) is 0.568. The molecule has 0 aromatic carbocycles. The highest BCUT2D eigenvalue weighted by Crippen LogP contribution is 2.50. The fourth-order valence-electron chi connectivity index (χ4n) is 2.93. The molecule has 0 aliphatic heterocycles. The Labute approximate surface area is 111 Å². The highest BCUT2D eigenvalue weighted by Gasteiger charge is 2.57. The van der Waals surface area contributed by atoms with Crippen molar-refractivity contribution < 1.29 is 23.9 Å². The molecular formula is C14H18O5. The second-order valence-electron chi connectivity index (χ2n) is 4.99. The Hall–Kier alpha value is -1.65. The average Bonchev–Trinajstić information content (AvgIpc) is 2.84. The lowest BCUT2D eigenvalue weighted by molar-refractivity contribution is -0.171. The summed E-state index contributed by atoms with van der Waals surface area (Å²) < 4.78 is 10.1. The van der Waals surface area contributed by atoms with E-state index in [1.807, 2.05) is 0 Å². The molecule has 2 aliphatic carbocycles. The summed E-state index contributed by atoms with van der Waals surface area (Å²) in [5.41, 5.74) is -0.366. The summed E-state index contributed by atoms with van der Waals surface area (Å²) in [6.45, 7) is 3.86. The minimum atomic E-state index is -1.25. The Bertz CT molecular complexity index is 431. The van der Waals surface area contributed by atoms with E-state index in [-0.39, 0.29) is 31.3 Å². The van der Waals surface area contributed by atoms with Crippen molar-refractivity contribution >= 4 is 17.7 Å². The maximum Gasteiger partial charge on any atom is 0.323 e. The largest absolute Gasteiger partial charge is 0.465 e. The Kier molecular flexibility index (Phi) is 3.73. The van der Waals surface area contributed by atoms with E-state index in [9.17, 15) is 14.4 Å². The molecule has 19 heavy (non-hydrogen) atoms. The van der Waals surface area contributed by atoms with Crippen LogP contribution in [0.25, 0.3) is 0 Å². The van der Waals surface area contributed by atoms with Gasteiger partial charge >= 0.3 is 11.9 Å². The Morgan fingerprint density at radius 3 is 2.32 bits per heavy atom. The molecule has 5 nitrogen and oxygen atoms in total. The van der Waals surface area contributed by atoms with Gasteiger partial charge in [-0.3, -0.25) is 14.4 Å². The first kappa shape index (κ1) is 13.8. The van der Waals surface area contributed by atoms with Crippen molar-refractivity contribution in [1.82, 2.24) is 0 Å². The van der Waals surface area contributed by atoms with Gasteiger partial charge in [0.05, 0.1) is 13.2 Å². The van der Waals surface area contributed by atoms with Crippen LogP contribution >= 0.6 is 0 Å². The van der Waals surface area contributed by atoms with Gasteiger partial charge in [0.15, 0.2) is 11.2 Å². The molecule has 1 unspecified atom stereocenters. The van der Waals surface area contributed by atoms with E-state index in [0.717, 1.165) is 5.57 Å². The first-order valence-corrected chi connectivity index (χ1v) is 6.61. The van der Waals surface area contributed by atoms with Gasteiger partial charge in [-0.05, 0) is 38.7 Å². The van der Waals surface area contributed by atoms with Crippen LogP contribution in [0, 0.1) is 11.3 Å². The van der Waals surface area contributed by atoms with Crippen molar-refractivity contribution in [1.29, 1.82) is 0 Å². The third-order valence-electron chi connectivity index (χ3n) is 3.75. The minimum absolute atomic E-state index is 0.0127. The van der Waals surface area contributed by atoms with E-state index >= 15 is 0 Å². The number of esters is 2. The van der Waals surface area contributed by atoms with Crippen LogP contribution in [-0.2, 0) is 23.9 Å². The van der Waals surface area contributed by atoms with Crippen molar-refractivity contribution in [3.05, 3.63) is 11.6 Å². The number of hydrogen-bond donors (Lipinski definition) is 0. The molecule has 0 N–H and O–H groups in total. The predicted molar refractivity (Wildman–Crippen MR) is 66.1 cm³/mol. The van der Waals surface area contributed by atoms with E-state index in [0.29, 0.717) is 12.8 Å². The molecule has 1 fully saturated rings. The molecule has 0 amide bonds. The summed E-state index contributed by atoms with van der Waals surface area (Å²) in [6, 6.07) is 0. The molecule has 0 aromatic rings. The van der Waals surface area contributed by atoms with E-state index in [1.165, 1.54) is 0 Å². The first-order valence-electron chi connectivity index (χ1n) is 6.61. The van der Waals surface area contributed by atoms with Gasteiger partial charge in [-0.1, -0.05) is 5.57 Å². The van der Waals surface area contributed by atoms with Crippen LogP contribution in [0.4, 0.5) is 0 Å². The molecule has 1 atom stereocenters. The number of ether oxygens (including phenoxy) is 2. The van der Waals surface area contributed by atoms with Gasteiger partial charge in [0.2, 0.25) is 0 Å². The lowest BCUT2D eigenvalue weighted by Gasteiger charge is -2.24. The lowest BCUT2D eigenvalue weighted by Crippen LogP contribution is -2.40. The van der Waals surface area contributed by atoms with Crippen LogP contribution in [0.3, 0.4) is 0 Å². The third kappa shape index (κ3) is 2.29. The van der Waals surface area contributed by atoms with Gasteiger partial charge in [0, 0.05) is 6.42 Å². The number of fused-ring (bicyclic) bond motifs is 1. The summed E-state index contributed by atoms with van der Waals surface area (Å²) in [7, 11) is 0. The van der Waals surface area contributed by atoms with Crippen LogP contribution in [0.5, 0.6) is 0 Å². The van der Waals surface area contributed by atoms with Crippen molar-refractivity contribution in [2.75, 3.05) is 13.2 Å². The van der Waals surface area contributed by atoms with E-state index in [4.69, 9.17) is 9.47 Å². The predicted octanol–water partition coefficient (Wildman–Crippen LogP) is 1.41. The molecule has 1 saturated carbocycles. The normalized spacial score (nSPS) is 23.8. The zero-order valence-electron chi connectivity index (χ0n) is 11.2. The van der Waals surface area contributed by atoms with E-state index in [1.54, 1.807) is 19.9 Å². The van der Waals surface area contributed by atoms with Gasteiger partial charge in [-0.2, -0.15) is 0 Å².